The van der Waals surface area contributed by atoms with Gasteiger partial charge in [-0.25, -0.2) is 9.78 Å². The van der Waals surface area contributed by atoms with Gasteiger partial charge < -0.3 is 10.4 Å². The number of piperidine rings is 1. The molecule has 5 heteroatoms. The Hall–Kier alpha value is -1.46. The first kappa shape index (κ1) is 13.5. The lowest BCUT2D eigenvalue weighted by Crippen LogP contribution is -2.44. The second-order valence-electron chi connectivity index (χ2n) is 5.69. The van der Waals surface area contributed by atoms with Gasteiger partial charge in [-0.2, -0.15) is 0 Å². The van der Waals surface area contributed by atoms with Gasteiger partial charge in [0.05, 0.1) is 5.69 Å². The third kappa shape index (κ3) is 2.83. The molecule has 0 saturated carbocycles. The van der Waals surface area contributed by atoms with Crippen LogP contribution in [0.3, 0.4) is 0 Å². The van der Waals surface area contributed by atoms with Gasteiger partial charge in [0.1, 0.15) is 5.69 Å². The van der Waals surface area contributed by atoms with Crippen LogP contribution in [0.4, 0.5) is 0 Å². The van der Waals surface area contributed by atoms with Crippen molar-refractivity contribution in [1.29, 1.82) is 0 Å². The molecule has 0 radical (unpaired) electrons. The van der Waals surface area contributed by atoms with Gasteiger partial charge in [-0.1, -0.05) is 12.5 Å². The Morgan fingerprint density at radius 2 is 2.25 bits per heavy atom. The van der Waals surface area contributed by atoms with E-state index < -0.39 is 5.97 Å². The van der Waals surface area contributed by atoms with Crippen LogP contribution in [0.1, 0.15) is 41.9 Å². The minimum atomic E-state index is -0.967. The van der Waals surface area contributed by atoms with Crippen molar-refractivity contribution < 1.29 is 9.90 Å². The molecule has 2 aliphatic rings. The molecule has 5 nitrogen and oxygen atoms in total. The zero-order valence-electron chi connectivity index (χ0n) is 11.6. The summed E-state index contributed by atoms with van der Waals surface area (Å²) in [5, 5.41) is 12.5. The summed E-state index contributed by atoms with van der Waals surface area (Å²) in [5.74, 6) is -0.967. The Kier molecular flexibility index (Phi) is 3.98. The Morgan fingerprint density at radius 3 is 3.10 bits per heavy atom. The third-order valence-corrected chi connectivity index (χ3v) is 4.43. The summed E-state index contributed by atoms with van der Waals surface area (Å²) in [6.45, 7) is 3.07. The molecule has 3 heterocycles. The van der Waals surface area contributed by atoms with Crippen molar-refractivity contribution in [3.05, 3.63) is 29.6 Å². The lowest BCUT2D eigenvalue weighted by Gasteiger charge is -2.32. The number of aromatic nitrogens is 1. The highest BCUT2D eigenvalue weighted by molar-refractivity contribution is 5.85. The molecule has 2 atom stereocenters. The van der Waals surface area contributed by atoms with Crippen LogP contribution < -0.4 is 5.32 Å². The summed E-state index contributed by atoms with van der Waals surface area (Å²) >= 11 is 0. The molecule has 108 valence electrons. The molecule has 3 rings (SSSR count). The van der Waals surface area contributed by atoms with Gasteiger partial charge >= 0.3 is 5.97 Å². The monoisotopic (exact) mass is 275 g/mol. The highest BCUT2D eigenvalue weighted by Crippen LogP contribution is 2.27. The smallest absolute Gasteiger partial charge is 0.354 e. The van der Waals surface area contributed by atoms with E-state index >= 15 is 0 Å². The SMILES string of the molecule is O=C(O)c1cccc(CNC2CCN3CCCCC23)n1. The molecule has 1 aromatic heterocycles. The van der Waals surface area contributed by atoms with E-state index in [0.29, 0.717) is 18.6 Å². The number of carboxylic acid groups (broad SMARTS) is 1. The molecule has 0 aromatic carbocycles. The van der Waals surface area contributed by atoms with Crippen molar-refractivity contribution in [2.45, 2.75) is 44.3 Å². The Labute approximate surface area is 119 Å². The predicted octanol–water partition coefficient (Wildman–Crippen LogP) is 1.50. The molecule has 2 saturated heterocycles. The lowest BCUT2D eigenvalue weighted by molar-refractivity contribution is 0.0690. The average Bonchev–Trinajstić information content (AvgIpc) is 2.89. The number of carboxylic acids is 1. The van der Waals surface area contributed by atoms with Gasteiger partial charge in [0.25, 0.3) is 0 Å². The molecule has 20 heavy (non-hydrogen) atoms. The standard InChI is InChI=1S/C15H21N3O2/c19-15(20)13-5-3-4-11(17-13)10-16-12-7-9-18-8-2-1-6-14(12)18/h3-5,12,14,16H,1-2,6-10H2,(H,19,20). The van der Waals surface area contributed by atoms with Gasteiger partial charge in [0.2, 0.25) is 0 Å². The molecule has 1 aromatic rings. The number of nitrogens with zero attached hydrogens (tertiary/aromatic N) is 2. The van der Waals surface area contributed by atoms with Crippen LogP contribution in [0.15, 0.2) is 18.2 Å². The normalized spacial score (nSPS) is 26.4. The molecule has 0 spiro atoms. The van der Waals surface area contributed by atoms with Crippen LogP contribution >= 0.6 is 0 Å². The van der Waals surface area contributed by atoms with Crippen molar-refractivity contribution in [2.24, 2.45) is 0 Å². The number of aromatic carboxylic acids is 1. The Morgan fingerprint density at radius 1 is 1.35 bits per heavy atom. The zero-order valence-corrected chi connectivity index (χ0v) is 11.6. The van der Waals surface area contributed by atoms with Gasteiger partial charge in [0.15, 0.2) is 0 Å². The van der Waals surface area contributed by atoms with E-state index in [0.717, 1.165) is 5.69 Å². The maximum Gasteiger partial charge on any atom is 0.354 e. The van der Waals surface area contributed by atoms with E-state index in [-0.39, 0.29) is 5.69 Å². The summed E-state index contributed by atoms with van der Waals surface area (Å²) < 4.78 is 0. The third-order valence-electron chi connectivity index (χ3n) is 4.43. The van der Waals surface area contributed by atoms with Crippen LogP contribution in [0.5, 0.6) is 0 Å². The van der Waals surface area contributed by atoms with Gasteiger partial charge in [-0.15, -0.1) is 0 Å². The van der Waals surface area contributed by atoms with Crippen LogP contribution in [-0.2, 0) is 6.54 Å². The topological polar surface area (TPSA) is 65.5 Å². The van der Waals surface area contributed by atoms with Crippen molar-refractivity contribution in [3.8, 4) is 0 Å². The van der Waals surface area contributed by atoms with Gasteiger partial charge in [-0.05, 0) is 37.9 Å². The first-order chi connectivity index (χ1) is 9.74. The Balaban J connectivity index is 1.59. The number of hydrogen-bond acceptors (Lipinski definition) is 4. The predicted molar refractivity (Wildman–Crippen MR) is 75.7 cm³/mol. The highest BCUT2D eigenvalue weighted by Gasteiger charge is 2.34. The summed E-state index contributed by atoms with van der Waals surface area (Å²) in [6.07, 6.45) is 5.11. The summed E-state index contributed by atoms with van der Waals surface area (Å²) in [5.41, 5.74) is 0.925. The van der Waals surface area contributed by atoms with Crippen LogP contribution in [0.25, 0.3) is 0 Å². The zero-order chi connectivity index (χ0) is 13.9. The second-order valence-corrected chi connectivity index (χ2v) is 5.69. The van der Waals surface area contributed by atoms with Gasteiger partial charge in [0, 0.05) is 25.2 Å². The highest BCUT2D eigenvalue weighted by atomic mass is 16.4. The molecule has 2 fully saturated rings. The quantitative estimate of drug-likeness (QED) is 0.871. The number of rotatable bonds is 4. The van der Waals surface area contributed by atoms with Crippen LogP contribution in [0, 0.1) is 0 Å². The van der Waals surface area contributed by atoms with Crippen molar-refractivity contribution in [1.82, 2.24) is 15.2 Å². The van der Waals surface area contributed by atoms with E-state index in [1.54, 1.807) is 6.07 Å². The molecule has 0 aliphatic carbocycles. The number of hydrogen-bond donors (Lipinski definition) is 2. The van der Waals surface area contributed by atoms with E-state index in [9.17, 15) is 4.79 Å². The molecular weight excluding hydrogens is 254 g/mol. The average molecular weight is 275 g/mol. The molecule has 2 unspecified atom stereocenters. The van der Waals surface area contributed by atoms with E-state index in [2.05, 4.69) is 15.2 Å². The first-order valence-electron chi connectivity index (χ1n) is 7.41. The number of fused-ring (bicyclic) bond motifs is 1. The van der Waals surface area contributed by atoms with Crippen molar-refractivity contribution >= 4 is 5.97 Å². The number of pyridine rings is 1. The van der Waals surface area contributed by atoms with Gasteiger partial charge in [-0.3, -0.25) is 4.90 Å². The van der Waals surface area contributed by atoms with E-state index in [1.165, 1.54) is 44.8 Å². The fourth-order valence-electron chi connectivity index (χ4n) is 3.42. The van der Waals surface area contributed by atoms with Crippen LogP contribution in [0.2, 0.25) is 0 Å². The minimum absolute atomic E-state index is 0.120. The maximum atomic E-state index is 10.9. The fraction of sp³-hybridized carbons (Fsp3) is 0.600. The fourth-order valence-corrected chi connectivity index (χ4v) is 3.42. The van der Waals surface area contributed by atoms with E-state index in [4.69, 9.17) is 5.11 Å². The summed E-state index contributed by atoms with van der Waals surface area (Å²) in [4.78, 5) is 17.7. The largest absolute Gasteiger partial charge is 0.477 e. The number of nitrogens with one attached hydrogen (secondary N) is 1. The van der Waals surface area contributed by atoms with Crippen molar-refractivity contribution in [3.63, 3.8) is 0 Å². The molecular formula is C15H21N3O2. The molecule has 2 N–H and O–H groups in total. The summed E-state index contributed by atoms with van der Waals surface area (Å²) in [6, 6.07) is 6.35. The second kappa shape index (κ2) is 5.89. The molecule has 0 amide bonds. The first-order valence-corrected chi connectivity index (χ1v) is 7.41. The molecule has 0 bridgehead atoms. The van der Waals surface area contributed by atoms with E-state index in [1.807, 2.05) is 6.07 Å². The van der Waals surface area contributed by atoms with Crippen molar-refractivity contribution in [2.75, 3.05) is 13.1 Å². The maximum absolute atomic E-state index is 10.9. The number of carbonyl (C=O) groups is 1. The van der Waals surface area contributed by atoms with Crippen LogP contribution in [-0.4, -0.2) is 46.1 Å². The lowest BCUT2D eigenvalue weighted by atomic mass is 9.99. The summed E-state index contributed by atoms with van der Waals surface area (Å²) in [7, 11) is 0. The molecule has 2 aliphatic heterocycles. The Bertz CT molecular complexity index is 492. The minimum Gasteiger partial charge on any atom is -0.477 e.